The highest BCUT2D eigenvalue weighted by Crippen LogP contribution is 2.28. The quantitative estimate of drug-likeness (QED) is 0.617. The number of nitrogens with one attached hydrogen (secondary N) is 1. The Morgan fingerprint density at radius 2 is 2.00 bits per heavy atom. The molecule has 3 N–H and O–H groups in total. The van der Waals surface area contributed by atoms with Gasteiger partial charge >= 0.3 is 0 Å². The molecule has 1 aromatic carbocycles. The number of hydrogen-bond acceptors (Lipinski definition) is 4. The Labute approximate surface area is 143 Å². The zero-order valence-corrected chi connectivity index (χ0v) is 14.5. The van der Waals surface area contributed by atoms with Crippen LogP contribution in [-0.2, 0) is 0 Å². The number of ether oxygens (including phenoxy) is 1. The molecule has 1 saturated heterocycles. The summed E-state index contributed by atoms with van der Waals surface area (Å²) in [6.45, 7) is 4.02. The van der Waals surface area contributed by atoms with E-state index in [4.69, 9.17) is 22.1 Å². The molecule has 1 aliphatic rings. The van der Waals surface area contributed by atoms with Crippen LogP contribution in [0.25, 0.3) is 0 Å². The number of amides is 1. The van der Waals surface area contributed by atoms with Gasteiger partial charge in [-0.25, -0.2) is 0 Å². The molecule has 128 valence electrons. The second-order valence-corrected chi connectivity index (χ2v) is 6.35. The van der Waals surface area contributed by atoms with Crippen LogP contribution in [0.15, 0.2) is 12.1 Å². The minimum Gasteiger partial charge on any atom is -0.496 e. The molecule has 5 nitrogen and oxygen atoms in total. The summed E-state index contributed by atoms with van der Waals surface area (Å²) < 4.78 is 5.21. The number of benzene rings is 1. The summed E-state index contributed by atoms with van der Waals surface area (Å²) in [5.74, 6) is 0.261. The molecular formula is C17H26ClN3O2. The third-order valence-corrected chi connectivity index (χ3v) is 4.53. The van der Waals surface area contributed by atoms with Crippen molar-refractivity contribution in [3.8, 4) is 5.75 Å². The van der Waals surface area contributed by atoms with Crippen molar-refractivity contribution in [2.24, 2.45) is 0 Å². The molecule has 1 heterocycles. The second-order valence-electron chi connectivity index (χ2n) is 5.94. The molecule has 2 rings (SSSR count). The minimum absolute atomic E-state index is 0.181. The number of carbonyl (C=O) groups is 1. The zero-order valence-electron chi connectivity index (χ0n) is 13.7. The summed E-state index contributed by atoms with van der Waals surface area (Å²) in [5.41, 5.74) is 6.56. The SMILES string of the molecule is COc1cc(N)c(Cl)cc1C(=O)NCCCN1CCCCCC1. The molecule has 0 bridgehead atoms. The third kappa shape index (κ3) is 5.29. The largest absolute Gasteiger partial charge is 0.496 e. The fraction of sp³-hybridized carbons (Fsp3) is 0.588. The molecule has 0 unspecified atom stereocenters. The van der Waals surface area contributed by atoms with Gasteiger partial charge in [0, 0.05) is 12.6 Å². The number of likely N-dealkylation sites (tertiary alicyclic amines) is 1. The summed E-state index contributed by atoms with van der Waals surface area (Å²) >= 11 is 6.00. The molecule has 1 fully saturated rings. The molecular weight excluding hydrogens is 314 g/mol. The lowest BCUT2D eigenvalue weighted by atomic mass is 10.1. The number of nitrogen functional groups attached to an aromatic ring is 1. The number of carbonyl (C=O) groups excluding carboxylic acids is 1. The van der Waals surface area contributed by atoms with Gasteiger partial charge in [0.15, 0.2) is 0 Å². The zero-order chi connectivity index (χ0) is 16.7. The Morgan fingerprint density at radius 3 is 2.65 bits per heavy atom. The van der Waals surface area contributed by atoms with Gasteiger partial charge in [-0.2, -0.15) is 0 Å². The van der Waals surface area contributed by atoms with E-state index in [0.29, 0.717) is 28.6 Å². The Hall–Kier alpha value is -1.46. The van der Waals surface area contributed by atoms with E-state index in [-0.39, 0.29) is 5.91 Å². The first-order chi connectivity index (χ1) is 11.1. The van der Waals surface area contributed by atoms with Crippen LogP contribution in [0.1, 0.15) is 42.5 Å². The van der Waals surface area contributed by atoms with Crippen LogP contribution in [0, 0.1) is 0 Å². The first-order valence-corrected chi connectivity index (χ1v) is 8.63. The van der Waals surface area contributed by atoms with Crippen LogP contribution in [0.3, 0.4) is 0 Å². The van der Waals surface area contributed by atoms with Gasteiger partial charge in [0.05, 0.1) is 23.4 Å². The molecule has 1 aromatic rings. The van der Waals surface area contributed by atoms with E-state index in [1.165, 1.54) is 45.9 Å². The van der Waals surface area contributed by atoms with Gasteiger partial charge in [0.2, 0.25) is 0 Å². The number of nitrogens with two attached hydrogens (primary N) is 1. The highest BCUT2D eigenvalue weighted by atomic mass is 35.5. The maximum atomic E-state index is 12.3. The van der Waals surface area contributed by atoms with Gasteiger partial charge in [0.25, 0.3) is 5.91 Å². The third-order valence-electron chi connectivity index (χ3n) is 4.20. The van der Waals surface area contributed by atoms with Gasteiger partial charge < -0.3 is 20.7 Å². The predicted molar refractivity (Wildman–Crippen MR) is 94.3 cm³/mol. The molecule has 23 heavy (non-hydrogen) atoms. The molecule has 0 aliphatic carbocycles. The van der Waals surface area contributed by atoms with E-state index < -0.39 is 0 Å². The number of anilines is 1. The molecule has 0 radical (unpaired) electrons. The highest BCUT2D eigenvalue weighted by molar-refractivity contribution is 6.33. The smallest absolute Gasteiger partial charge is 0.255 e. The van der Waals surface area contributed by atoms with Crippen molar-refractivity contribution in [3.63, 3.8) is 0 Å². The van der Waals surface area contributed by atoms with E-state index in [1.54, 1.807) is 12.1 Å². The average Bonchev–Trinajstić information content (AvgIpc) is 2.82. The van der Waals surface area contributed by atoms with Gasteiger partial charge in [0.1, 0.15) is 5.75 Å². The lowest BCUT2D eigenvalue weighted by Crippen LogP contribution is -2.30. The van der Waals surface area contributed by atoms with Crippen LogP contribution < -0.4 is 15.8 Å². The first-order valence-electron chi connectivity index (χ1n) is 8.25. The Morgan fingerprint density at radius 1 is 1.30 bits per heavy atom. The maximum absolute atomic E-state index is 12.3. The van der Waals surface area contributed by atoms with Gasteiger partial charge in [-0.1, -0.05) is 24.4 Å². The number of methoxy groups -OCH3 is 1. The predicted octanol–water partition coefficient (Wildman–Crippen LogP) is 2.93. The van der Waals surface area contributed by atoms with Gasteiger partial charge in [-0.3, -0.25) is 4.79 Å². The lowest BCUT2D eigenvalue weighted by Gasteiger charge is -2.19. The number of nitrogens with zero attached hydrogens (tertiary/aromatic N) is 1. The highest BCUT2D eigenvalue weighted by Gasteiger charge is 2.15. The first kappa shape index (κ1) is 17.9. The van der Waals surface area contributed by atoms with Gasteiger partial charge in [-0.15, -0.1) is 0 Å². The fourth-order valence-electron chi connectivity index (χ4n) is 2.88. The van der Waals surface area contributed by atoms with Crippen LogP contribution in [0.4, 0.5) is 5.69 Å². The van der Waals surface area contributed by atoms with E-state index in [1.807, 2.05) is 0 Å². The fourth-order valence-corrected chi connectivity index (χ4v) is 3.04. The minimum atomic E-state index is -0.181. The van der Waals surface area contributed by atoms with Crippen LogP contribution in [0.5, 0.6) is 5.75 Å². The maximum Gasteiger partial charge on any atom is 0.255 e. The average molecular weight is 340 g/mol. The second kappa shape index (κ2) is 8.99. The Kier molecular flexibility index (Phi) is 6.99. The van der Waals surface area contributed by atoms with Gasteiger partial charge in [-0.05, 0) is 45.0 Å². The van der Waals surface area contributed by atoms with Crippen molar-refractivity contribution >= 4 is 23.2 Å². The summed E-state index contributed by atoms with van der Waals surface area (Å²) in [4.78, 5) is 14.8. The van der Waals surface area contributed by atoms with Crippen molar-refractivity contribution < 1.29 is 9.53 Å². The van der Waals surface area contributed by atoms with E-state index in [9.17, 15) is 4.79 Å². The monoisotopic (exact) mass is 339 g/mol. The normalized spacial score (nSPS) is 15.9. The van der Waals surface area contributed by atoms with Crippen LogP contribution in [-0.4, -0.2) is 44.1 Å². The number of hydrogen-bond donors (Lipinski definition) is 2. The number of halogens is 1. The molecule has 0 aromatic heterocycles. The molecule has 0 atom stereocenters. The topological polar surface area (TPSA) is 67.6 Å². The van der Waals surface area contributed by atoms with Crippen molar-refractivity contribution in [2.75, 3.05) is 39.0 Å². The lowest BCUT2D eigenvalue weighted by molar-refractivity contribution is 0.0948. The van der Waals surface area contributed by atoms with Crippen LogP contribution >= 0.6 is 11.6 Å². The summed E-state index contributed by atoms with van der Waals surface area (Å²) in [6.07, 6.45) is 6.19. The van der Waals surface area contributed by atoms with Crippen molar-refractivity contribution in [3.05, 3.63) is 22.7 Å². The summed E-state index contributed by atoms with van der Waals surface area (Å²) in [5, 5.41) is 3.29. The van der Waals surface area contributed by atoms with Crippen molar-refractivity contribution in [2.45, 2.75) is 32.1 Å². The summed E-state index contributed by atoms with van der Waals surface area (Å²) in [6, 6.07) is 3.13. The Bertz CT molecular complexity index is 529. The van der Waals surface area contributed by atoms with E-state index >= 15 is 0 Å². The standard InChI is InChI=1S/C17H26ClN3O2/c1-23-16-12-15(19)14(18)11-13(16)17(22)20-7-6-10-21-8-4-2-3-5-9-21/h11-12H,2-10,19H2,1H3,(H,20,22). The molecule has 1 aliphatic heterocycles. The molecule has 0 saturated carbocycles. The molecule has 6 heteroatoms. The Balaban J connectivity index is 1.81. The molecule has 1 amide bonds. The van der Waals surface area contributed by atoms with Crippen molar-refractivity contribution in [1.82, 2.24) is 10.2 Å². The van der Waals surface area contributed by atoms with E-state index in [0.717, 1.165) is 13.0 Å². The molecule has 0 spiro atoms. The summed E-state index contributed by atoms with van der Waals surface area (Å²) in [7, 11) is 1.51. The van der Waals surface area contributed by atoms with Crippen LogP contribution in [0.2, 0.25) is 5.02 Å². The number of rotatable bonds is 6. The van der Waals surface area contributed by atoms with Crippen molar-refractivity contribution in [1.29, 1.82) is 0 Å². The van der Waals surface area contributed by atoms with E-state index in [2.05, 4.69) is 10.2 Å².